The number of hydrogen-bond donors (Lipinski definition) is 3. The summed E-state index contributed by atoms with van der Waals surface area (Å²) in [6.45, 7) is 0. The summed E-state index contributed by atoms with van der Waals surface area (Å²) < 4.78 is 5.07. The van der Waals surface area contributed by atoms with E-state index >= 15 is 0 Å². The Kier molecular flexibility index (Phi) is 5.10. The second kappa shape index (κ2) is 7.23. The summed E-state index contributed by atoms with van der Waals surface area (Å²) in [6.07, 6.45) is 0. The van der Waals surface area contributed by atoms with Gasteiger partial charge in [-0.15, -0.1) is 0 Å². The van der Waals surface area contributed by atoms with Crippen molar-refractivity contribution in [3.05, 3.63) is 58.6 Å². The Labute approximate surface area is 132 Å². The molecule has 0 saturated carbocycles. The van der Waals surface area contributed by atoms with Crippen LogP contribution in [0.4, 0.5) is 17.1 Å². The molecule has 3 N–H and O–H groups in total. The zero-order valence-electron chi connectivity index (χ0n) is 11.7. The molecule has 0 bridgehead atoms. The van der Waals surface area contributed by atoms with Crippen LogP contribution < -0.4 is 20.9 Å². The fourth-order valence-corrected chi connectivity index (χ4v) is 1.80. The maximum Gasteiger partial charge on any atom is 0.269 e. The van der Waals surface area contributed by atoms with Gasteiger partial charge in [0.2, 0.25) is 0 Å². The van der Waals surface area contributed by atoms with E-state index in [4.69, 9.17) is 17.0 Å². The Morgan fingerprint density at radius 3 is 2.23 bits per heavy atom. The summed E-state index contributed by atoms with van der Waals surface area (Å²) in [5, 5.41) is 13.9. The van der Waals surface area contributed by atoms with Gasteiger partial charge in [0.05, 0.1) is 17.7 Å². The van der Waals surface area contributed by atoms with Crippen molar-refractivity contribution in [2.24, 2.45) is 0 Å². The number of nitrogens with zero attached hydrogens (tertiary/aromatic N) is 1. The van der Waals surface area contributed by atoms with E-state index in [0.29, 0.717) is 10.8 Å². The molecule has 0 aliphatic heterocycles. The third-order valence-electron chi connectivity index (χ3n) is 2.75. The second-order valence-corrected chi connectivity index (χ2v) is 4.64. The zero-order chi connectivity index (χ0) is 15.9. The van der Waals surface area contributed by atoms with Crippen molar-refractivity contribution in [1.82, 2.24) is 5.43 Å². The number of nitro groups is 1. The predicted octanol–water partition coefficient (Wildman–Crippen LogP) is 2.92. The van der Waals surface area contributed by atoms with Gasteiger partial charge in [-0.05, 0) is 48.6 Å². The molecule has 2 aromatic rings. The summed E-state index contributed by atoms with van der Waals surface area (Å²) in [4.78, 5) is 10.1. The molecule has 0 amide bonds. The fourth-order valence-electron chi connectivity index (χ4n) is 1.63. The average molecular weight is 318 g/mol. The molecule has 22 heavy (non-hydrogen) atoms. The molecule has 114 valence electrons. The number of ether oxygens (including phenoxy) is 1. The molecule has 7 nitrogen and oxygen atoms in total. The molecule has 0 aromatic heterocycles. The molecule has 0 fully saturated rings. The third-order valence-corrected chi connectivity index (χ3v) is 2.95. The molecule has 0 aliphatic rings. The number of hydrogen-bond acceptors (Lipinski definition) is 5. The molecule has 2 rings (SSSR count). The Morgan fingerprint density at radius 2 is 1.68 bits per heavy atom. The number of thiocarbonyl (C=S) groups is 1. The van der Waals surface area contributed by atoms with E-state index in [-0.39, 0.29) is 5.69 Å². The zero-order valence-corrected chi connectivity index (χ0v) is 12.5. The van der Waals surface area contributed by atoms with Crippen molar-refractivity contribution >= 4 is 34.4 Å². The first-order valence-electron chi connectivity index (χ1n) is 6.30. The lowest BCUT2D eigenvalue weighted by Crippen LogP contribution is -2.33. The lowest BCUT2D eigenvalue weighted by atomic mass is 10.3. The van der Waals surface area contributed by atoms with E-state index in [9.17, 15) is 10.1 Å². The fraction of sp³-hybridized carbons (Fsp3) is 0.0714. The van der Waals surface area contributed by atoms with Gasteiger partial charge in [0.15, 0.2) is 5.11 Å². The standard InChI is InChI=1S/C14H14N4O3S/c1-21-13-8-4-10(5-9-13)15-14(22)17-16-11-2-6-12(7-3-11)18(19)20/h2-9,16H,1H3,(H2,15,17,22). The highest BCUT2D eigenvalue weighted by atomic mass is 32.1. The van der Waals surface area contributed by atoms with Crippen molar-refractivity contribution in [2.45, 2.75) is 0 Å². The van der Waals surface area contributed by atoms with Crippen molar-refractivity contribution < 1.29 is 9.66 Å². The Hall–Kier alpha value is -2.87. The molecule has 0 aliphatic carbocycles. The van der Waals surface area contributed by atoms with Crippen LogP contribution in [0.5, 0.6) is 5.75 Å². The van der Waals surface area contributed by atoms with Gasteiger partial charge in [0.25, 0.3) is 5.69 Å². The van der Waals surface area contributed by atoms with Crippen LogP contribution in [0.1, 0.15) is 0 Å². The van der Waals surface area contributed by atoms with Gasteiger partial charge in [0, 0.05) is 17.8 Å². The van der Waals surface area contributed by atoms with E-state index in [1.165, 1.54) is 12.1 Å². The van der Waals surface area contributed by atoms with Crippen LogP contribution in [0, 0.1) is 10.1 Å². The summed E-state index contributed by atoms with van der Waals surface area (Å²) in [5.41, 5.74) is 7.14. The van der Waals surface area contributed by atoms with E-state index in [1.54, 1.807) is 19.2 Å². The van der Waals surface area contributed by atoms with Gasteiger partial charge in [0.1, 0.15) is 5.75 Å². The van der Waals surface area contributed by atoms with Gasteiger partial charge in [-0.25, -0.2) is 0 Å². The second-order valence-electron chi connectivity index (χ2n) is 4.24. The highest BCUT2D eigenvalue weighted by molar-refractivity contribution is 7.80. The first kappa shape index (κ1) is 15.5. The van der Waals surface area contributed by atoms with Crippen molar-refractivity contribution in [3.63, 3.8) is 0 Å². The Balaban J connectivity index is 1.85. The number of nitrogens with one attached hydrogen (secondary N) is 3. The highest BCUT2D eigenvalue weighted by Crippen LogP contribution is 2.16. The monoisotopic (exact) mass is 318 g/mol. The molecule has 8 heteroatoms. The van der Waals surface area contributed by atoms with Crippen LogP contribution in [-0.4, -0.2) is 17.1 Å². The van der Waals surface area contributed by atoms with Crippen molar-refractivity contribution in [2.75, 3.05) is 17.9 Å². The molecule has 2 aromatic carbocycles. The van der Waals surface area contributed by atoms with Gasteiger partial charge < -0.3 is 10.1 Å². The quantitative estimate of drug-likeness (QED) is 0.444. The van der Waals surface area contributed by atoms with E-state index < -0.39 is 4.92 Å². The van der Waals surface area contributed by atoms with Crippen LogP contribution in [0.3, 0.4) is 0 Å². The minimum Gasteiger partial charge on any atom is -0.497 e. The normalized spacial score (nSPS) is 9.68. The third kappa shape index (κ3) is 4.32. The number of anilines is 2. The lowest BCUT2D eigenvalue weighted by molar-refractivity contribution is -0.384. The van der Waals surface area contributed by atoms with E-state index in [0.717, 1.165) is 11.4 Å². The largest absolute Gasteiger partial charge is 0.497 e. The minimum atomic E-state index is -0.451. The molecular formula is C14H14N4O3S. The highest BCUT2D eigenvalue weighted by Gasteiger charge is 2.04. The first-order chi connectivity index (χ1) is 10.6. The van der Waals surface area contributed by atoms with E-state index in [2.05, 4.69) is 16.2 Å². The number of non-ortho nitro benzene ring substituents is 1. The SMILES string of the molecule is COc1ccc(NC(=S)NNc2ccc([N+](=O)[O-])cc2)cc1. The number of benzene rings is 2. The Morgan fingerprint density at radius 1 is 1.09 bits per heavy atom. The number of methoxy groups -OCH3 is 1. The molecule has 0 atom stereocenters. The van der Waals surface area contributed by atoms with Crippen molar-refractivity contribution in [3.8, 4) is 5.75 Å². The number of hydrazine groups is 1. The van der Waals surface area contributed by atoms with E-state index in [1.807, 2.05) is 24.3 Å². The van der Waals surface area contributed by atoms with Crippen molar-refractivity contribution in [1.29, 1.82) is 0 Å². The maximum atomic E-state index is 10.6. The molecule has 0 heterocycles. The first-order valence-corrected chi connectivity index (χ1v) is 6.71. The lowest BCUT2D eigenvalue weighted by Gasteiger charge is -2.12. The average Bonchev–Trinajstić information content (AvgIpc) is 2.54. The summed E-state index contributed by atoms with van der Waals surface area (Å²) in [5.74, 6) is 0.758. The summed E-state index contributed by atoms with van der Waals surface area (Å²) in [7, 11) is 1.60. The topological polar surface area (TPSA) is 88.5 Å². The maximum absolute atomic E-state index is 10.6. The molecule has 0 unspecified atom stereocenters. The van der Waals surface area contributed by atoms with Crippen LogP contribution in [-0.2, 0) is 0 Å². The van der Waals surface area contributed by atoms with Crippen LogP contribution in [0.15, 0.2) is 48.5 Å². The molecule has 0 radical (unpaired) electrons. The van der Waals surface area contributed by atoms with Crippen LogP contribution in [0.25, 0.3) is 0 Å². The Bertz CT molecular complexity index is 659. The van der Waals surface area contributed by atoms with Crippen LogP contribution >= 0.6 is 12.2 Å². The molecular weight excluding hydrogens is 304 g/mol. The minimum absolute atomic E-state index is 0.0319. The molecule has 0 spiro atoms. The van der Waals surface area contributed by atoms with Gasteiger partial charge in [-0.1, -0.05) is 0 Å². The number of rotatable bonds is 5. The molecule has 0 saturated heterocycles. The predicted molar refractivity (Wildman–Crippen MR) is 89.1 cm³/mol. The summed E-state index contributed by atoms with van der Waals surface area (Å²) in [6, 6.07) is 13.3. The van der Waals surface area contributed by atoms with Crippen LogP contribution in [0.2, 0.25) is 0 Å². The van der Waals surface area contributed by atoms with Gasteiger partial charge in [-0.2, -0.15) is 0 Å². The van der Waals surface area contributed by atoms with Gasteiger partial charge >= 0.3 is 0 Å². The smallest absolute Gasteiger partial charge is 0.269 e. The summed E-state index contributed by atoms with van der Waals surface area (Å²) >= 11 is 5.14. The number of nitro benzene ring substituents is 1. The van der Waals surface area contributed by atoms with Gasteiger partial charge in [-0.3, -0.25) is 21.0 Å².